The molecule has 0 aromatic carbocycles. The lowest BCUT2D eigenvalue weighted by molar-refractivity contribution is 0.208. The minimum atomic E-state index is 0.475. The van der Waals surface area contributed by atoms with E-state index in [-0.39, 0.29) is 0 Å². The molecule has 1 aromatic heterocycles. The molecule has 0 radical (unpaired) electrons. The third-order valence-corrected chi connectivity index (χ3v) is 2.72. The van der Waals surface area contributed by atoms with Crippen LogP contribution in [-0.4, -0.2) is 29.7 Å². The molecule has 0 saturated carbocycles. The molecule has 1 saturated heterocycles. The Bertz CT molecular complexity index is 380. The average molecular weight is 217 g/mol. The maximum absolute atomic E-state index is 5.62. The van der Waals surface area contributed by atoms with Crippen molar-refractivity contribution in [2.75, 3.05) is 19.7 Å². The summed E-state index contributed by atoms with van der Waals surface area (Å²) < 4.78 is 5.62. The van der Waals surface area contributed by atoms with Crippen LogP contribution in [0.5, 0.6) is 5.88 Å². The molecule has 0 bridgehead atoms. The topological polar surface area (TPSA) is 47.0 Å². The summed E-state index contributed by atoms with van der Waals surface area (Å²) in [5.41, 5.74) is 0.483. The predicted molar refractivity (Wildman–Crippen MR) is 61.1 cm³/mol. The summed E-state index contributed by atoms with van der Waals surface area (Å²) in [5.74, 6) is 3.54. The van der Waals surface area contributed by atoms with Gasteiger partial charge in [-0.3, -0.25) is 0 Å². The fourth-order valence-electron chi connectivity index (χ4n) is 1.78. The van der Waals surface area contributed by atoms with Crippen molar-refractivity contribution in [1.82, 2.24) is 15.3 Å². The van der Waals surface area contributed by atoms with E-state index >= 15 is 0 Å². The molecule has 4 heteroatoms. The lowest BCUT2D eigenvalue weighted by atomic mass is 9.99. The Labute approximate surface area is 95.4 Å². The highest BCUT2D eigenvalue weighted by Gasteiger charge is 2.14. The Balaban J connectivity index is 1.91. The first-order chi connectivity index (χ1) is 7.90. The summed E-state index contributed by atoms with van der Waals surface area (Å²) in [6.07, 6.45) is 10.8. The zero-order valence-corrected chi connectivity index (χ0v) is 9.15. The van der Waals surface area contributed by atoms with E-state index in [9.17, 15) is 0 Å². The summed E-state index contributed by atoms with van der Waals surface area (Å²) >= 11 is 0. The van der Waals surface area contributed by atoms with Gasteiger partial charge >= 0.3 is 0 Å². The molecule has 1 aromatic rings. The van der Waals surface area contributed by atoms with Gasteiger partial charge < -0.3 is 10.1 Å². The van der Waals surface area contributed by atoms with Crippen molar-refractivity contribution in [2.45, 2.75) is 12.8 Å². The average Bonchev–Trinajstić information content (AvgIpc) is 2.38. The molecule has 2 heterocycles. The second-order valence-corrected chi connectivity index (χ2v) is 3.86. The molecule has 0 atom stereocenters. The van der Waals surface area contributed by atoms with Crippen LogP contribution in [0.15, 0.2) is 12.4 Å². The van der Waals surface area contributed by atoms with E-state index in [0.717, 1.165) is 25.9 Å². The summed E-state index contributed by atoms with van der Waals surface area (Å²) in [5, 5.41) is 3.32. The minimum Gasteiger partial charge on any atom is -0.475 e. The normalized spacial score (nSPS) is 16.7. The molecule has 4 nitrogen and oxygen atoms in total. The molecule has 16 heavy (non-hydrogen) atoms. The molecule has 0 aliphatic carbocycles. The number of piperidine rings is 1. The summed E-state index contributed by atoms with van der Waals surface area (Å²) in [6.45, 7) is 2.81. The fourth-order valence-corrected chi connectivity index (χ4v) is 1.78. The maximum Gasteiger partial charge on any atom is 0.248 e. The van der Waals surface area contributed by atoms with E-state index in [1.165, 1.54) is 0 Å². The monoisotopic (exact) mass is 217 g/mol. The van der Waals surface area contributed by atoms with Crippen molar-refractivity contribution in [3.63, 3.8) is 0 Å². The summed E-state index contributed by atoms with van der Waals surface area (Å²) in [6, 6.07) is 0. The van der Waals surface area contributed by atoms with E-state index in [0.29, 0.717) is 24.1 Å². The number of rotatable bonds is 3. The van der Waals surface area contributed by atoms with Crippen LogP contribution in [0, 0.1) is 18.3 Å². The fraction of sp³-hybridized carbons (Fsp3) is 0.500. The third kappa shape index (κ3) is 2.71. The third-order valence-electron chi connectivity index (χ3n) is 2.72. The van der Waals surface area contributed by atoms with E-state index in [1.54, 1.807) is 12.4 Å². The number of nitrogens with one attached hydrogen (secondary N) is 1. The molecule has 2 rings (SSSR count). The maximum atomic E-state index is 5.62. The number of hydrogen-bond donors (Lipinski definition) is 1. The summed E-state index contributed by atoms with van der Waals surface area (Å²) in [4.78, 5) is 8.12. The Morgan fingerprint density at radius 3 is 2.88 bits per heavy atom. The Morgan fingerprint density at radius 1 is 1.38 bits per heavy atom. The molecule has 0 amide bonds. The standard InChI is InChI=1S/C12H15N3O/c1-2-11-12(15-8-7-14-11)16-9-10-3-5-13-6-4-10/h1,7-8,10,13H,3-6,9H2. The minimum absolute atomic E-state index is 0.475. The van der Waals surface area contributed by atoms with E-state index in [4.69, 9.17) is 11.2 Å². The Kier molecular flexibility index (Phi) is 3.73. The van der Waals surface area contributed by atoms with Gasteiger partial charge in [-0.25, -0.2) is 9.97 Å². The van der Waals surface area contributed by atoms with Crippen LogP contribution in [0.2, 0.25) is 0 Å². The highest BCUT2D eigenvalue weighted by atomic mass is 16.5. The van der Waals surface area contributed by atoms with Gasteiger partial charge in [0.05, 0.1) is 6.61 Å². The van der Waals surface area contributed by atoms with Gasteiger partial charge in [-0.15, -0.1) is 6.42 Å². The Hall–Kier alpha value is -1.60. The number of hydrogen-bond acceptors (Lipinski definition) is 4. The quantitative estimate of drug-likeness (QED) is 0.762. The number of terminal acetylenes is 1. The summed E-state index contributed by atoms with van der Waals surface area (Å²) in [7, 11) is 0. The smallest absolute Gasteiger partial charge is 0.248 e. The first kappa shape index (κ1) is 10.9. The first-order valence-electron chi connectivity index (χ1n) is 5.51. The lowest BCUT2D eigenvalue weighted by Crippen LogP contribution is -2.30. The molecule has 1 aliphatic heterocycles. The van der Waals surface area contributed by atoms with Gasteiger partial charge in [-0.05, 0) is 37.8 Å². The first-order valence-corrected chi connectivity index (χ1v) is 5.51. The molecule has 1 aliphatic rings. The van der Waals surface area contributed by atoms with Crippen LogP contribution >= 0.6 is 0 Å². The number of aromatic nitrogens is 2. The second-order valence-electron chi connectivity index (χ2n) is 3.86. The van der Waals surface area contributed by atoms with Crippen LogP contribution in [0.1, 0.15) is 18.5 Å². The van der Waals surface area contributed by atoms with Gasteiger partial charge in [-0.1, -0.05) is 0 Å². The molecule has 0 spiro atoms. The highest BCUT2D eigenvalue weighted by molar-refractivity contribution is 5.32. The zero-order chi connectivity index (χ0) is 11.2. The van der Waals surface area contributed by atoms with Gasteiger partial charge in [-0.2, -0.15) is 0 Å². The van der Waals surface area contributed by atoms with Crippen molar-refractivity contribution in [1.29, 1.82) is 0 Å². The molecule has 84 valence electrons. The van der Waals surface area contributed by atoms with Crippen molar-refractivity contribution in [2.24, 2.45) is 5.92 Å². The molecular formula is C12H15N3O. The van der Waals surface area contributed by atoms with E-state index in [1.807, 2.05) is 0 Å². The van der Waals surface area contributed by atoms with Gasteiger partial charge in [0.15, 0.2) is 5.69 Å². The van der Waals surface area contributed by atoms with E-state index in [2.05, 4.69) is 21.2 Å². The van der Waals surface area contributed by atoms with E-state index < -0.39 is 0 Å². The van der Waals surface area contributed by atoms with Crippen LogP contribution in [-0.2, 0) is 0 Å². The molecule has 1 N–H and O–H groups in total. The van der Waals surface area contributed by atoms with Gasteiger partial charge in [0.25, 0.3) is 0 Å². The SMILES string of the molecule is C#Cc1nccnc1OCC1CCNCC1. The largest absolute Gasteiger partial charge is 0.475 e. The van der Waals surface area contributed by atoms with Gasteiger partial charge in [0, 0.05) is 12.4 Å². The van der Waals surface area contributed by atoms with Crippen molar-refractivity contribution >= 4 is 0 Å². The predicted octanol–water partition coefficient (Wildman–Crippen LogP) is 0.836. The number of nitrogens with zero attached hydrogens (tertiary/aromatic N) is 2. The Morgan fingerprint density at radius 2 is 2.12 bits per heavy atom. The van der Waals surface area contributed by atoms with Gasteiger partial charge in [0.1, 0.15) is 0 Å². The van der Waals surface area contributed by atoms with Crippen LogP contribution in [0.3, 0.4) is 0 Å². The molecular weight excluding hydrogens is 202 g/mol. The molecule has 1 fully saturated rings. The van der Waals surface area contributed by atoms with Gasteiger partial charge in [0.2, 0.25) is 5.88 Å². The zero-order valence-electron chi connectivity index (χ0n) is 9.15. The lowest BCUT2D eigenvalue weighted by Gasteiger charge is -2.22. The molecule has 0 unspecified atom stereocenters. The highest BCUT2D eigenvalue weighted by Crippen LogP contribution is 2.15. The second kappa shape index (κ2) is 5.47. The van der Waals surface area contributed by atoms with Crippen LogP contribution in [0.4, 0.5) is 0 Å². The van der Waals surface area contributed by atoms with Crippen molar-refractivity contribution in [3.8, 4) is 18.2 Å². The van der Waals surface area contributed by atoms with Crippen LogP contribution in [0.25, 0.3) is 0 Å². The number of ether oxygens (including phenoxy) is 1. The van der Waals surface area contributed by atoms with Crippen molar-refractivity contribution < 1.29 is 4.74 Å². The van der Waals surface area contributed by atoms with Crippen LogP contribution < -0.4 is 10.1 Å². The van der Waals surface area contributed by atoms with Crippen molar-refractivity contribution in [3.05, 3.63) is 18.1 Å².